The van der Waals surface area contributed by atoms with E-state index in [0.717, 1.165) is 18.4 Å². The molecule has 1 fully saturated rings. The number of amides is 2. The lowest BCUT2D eigenvalue weighted by Crippen LogP contribution is -2.47. The molecule has 1 atom stereocenters. The van der Waals surface area contributed by atoms with Crippen molar-refractivity contribution in [1.82, 2.24) is 10.6 Å². The Morgan fingerprint density at radius 2 is 2.00 bits per heavy atom. The van der Waals surface area contributed by atoms with Crippen LogP contribution in [0.15, 0.2) is 24.3 Å². The molecule has 0 bridgehead atoms. The van der Waals surface area contributed by atoms with E-state index in [2.05, 4.69) is 16.7 Å². The molecular weight excluding hydrogens is 334 g/mol. The third kappa shape index (κ3) is 5.06. The molecule has 7 nitrogen and oxygen atoms in total. The maximum Gasteiger partial charge on any atom is 0.328 e. The van der Waals surface area contributed by atoms with Gasteiger partial charge in [-0.25, -0.2) is 4.79 Å². The Bertz CT molecular complexity index is 733. The Morgan fingerprint density at radius 1 is 1.31 bits per heavy atom. The van der Waals surface area contributed by atoms with Gasteiger partial charge in [0.1, 0.15) is 11.6 Å². The first-order valence-electron chi connectivity index (χ1n) is 8.62. The molecule has 1 aliphatic rings. The number of rotatable bonds is 6. The lowest BCUT2D eigenvalue weighted by Gasteiger charge is -2.22. The van der Waals surface area contributed by atoms with Crippen molar-refractivity contribution in [1.29, 1.82) is 5.26 Å². The summed E-state index contributed by atoms with van der Waals surface area (Å²) >= 11 is 0. The first kappa shape index (κ1) is 19.4. The van der Waals surface area contributed by atoms with Crippen LogP contribution >= 0.6 is 0 Å². The van der Waals surface area contributed by atoms with Gasteiger partial charge in [0.15, 0.2) is 6.61 Å². The van der Waals surface area contributed by atoms with Gasteiger partial charge in [0.2, 0.25) is 0 Å². The minimum Gasteiger partial charge on any atom is -0.454 e. The number of nitrogens with zero attached hydrogens (tertiary/aromatic N) is 1. The predicted octanol–water partition coefficient (Wildman–Crippen LogP) is 1.61. The van der Waals surface area contributed by atoms with Gasteiger partial charge in [-0.1, -0.05) is 17.7 Å². The van der Waals surface area contributed by atoms with Crippen LogP contribution in [0.5, 0.6) is 0 Å². The van der Waals surface area contributed by atoms with E-state index in [-0.39, 0.29) is 0 Å². The topological polar surface area (TPSA) is 108 Å². The number of hydrogen-bond acceptors (Lipinski definition) is 5. The summed E-state index contributed by atoms with van der Waals surface area (Å²) < 4.78 is 4.95. The fraction of sp³-hybridized carbons (Fsp3) is 0.474. The number of carbonyl (C=O) groups excluding carboxylic acids is 3. The number of ether oxygens (including phenoxy) is 1. The number of aryl methyl sites for hydroxylation is 1. The summed E-state index contributed by atoms with van der Waals surface area (Å²) in [4.78, 5) is 36.1. The Kier molecular flexibility index (Phi) is 6.34. The maximum absolute atomic E-state index is 12.1. The van der Waals surface area contributed by atoms with Crippen LogP contribution in [0.1, 0.15) is 48.5 Å². The smallest absolute Gasteiger partial charge is 0.328 e. The molecule has 0 aliphatic heterocycles. The SMILES string of the molecule is Cc1cccc(C(=O)N[C@@H](C)C(=O)OCC(=O)NC2(C#N)CCCC2)c1. The van der Waals surface area contributed by atoms with E-state index in [9.17, 15) is 19.6 Å². The van der Waals surface area contributed by atoms with E-state index in [0.29, 0.717) is 18.4 Å². The van der Waals surface area contributed by atoms with E-state index in [4.69, 9.17) is 4.74 Å². The molecule has 138 valence electrons. The van der Waals surface area contributed by atoms with Crippen LogP contribution in [-0.2, 0) is 14.3 Å². The molecule has 2 N–H and O–H groups in total. The van der Waals surface area contributed by atoms with Crippen LogP contribution < -0.4 is 10.6 Å². The van der Waals surface area contributed by atoms with E-state index >= 15 is 0 Å². The Balaban J connectivity index is 1.80. The van der Waals surface area contributed by atoms with Gasteiger partial charge in [-0.3, -0.25) is 9.59 Å². The molecule has 7 heteroatoms. The summed E-state index contributed by atoms with van der Waals surface area (Å²) in [5, 5.41) is 14.4. The molecule has 1 aromatic rings. The summed E-state index contributed by atoms with van der Waals surface area (Å²) in [6, 6.07) is 8.23. The molecule has 26 heavy (non-hydrogen) atoms. The molecule has 2 rings (SSSR count). The molecule has 0 unspecified atom stereocenters. The second kappa shape index (κ2) is 8.48. The highest BCUT2D eigenvalue weighted by Crippen LogP contribution is 2.28. The van der Waals surface area contributed by atoms with Crippen molar-refractivity contribution in [3.63, 3.8) is 0 Å². The summed E-state index contributed by atoms with van der Waals surface area (Å²) in [5.74, 6) is -1.62. The van der Waals surface area contributed by atoms with Crippen LogP contribution in [-0.4, -0.2) is 36.0 Å². The first-order chi connectivity index (χ1) is 12.3. The predicted molar refractivity (Wildman–Crippen MR) is 94.0 cm³/mol. The quantitative estimate of drug-likeness (QED) is 0.752. The Hall–Kier alpha value is -2.88. The lowest BCUT2D eigenvalue weighted by atomic mass is 10.00. The van der Waals surface area contributed by atoms with Crippen LogP contribution in [0.2, 0.25) is 0 Å². The average Bonchev–Trinajstić information content (AvgIpc) is 3.08. The highest BCUT2D eigenvalue weighted by atomic mass is 16.5. The van der Waals surface area contributed by atoms with Crippen LogP contribution in [0.3, 0.4) is 0 Å². The molecular formula is C19H23N3O4. The standard InChI is InChI=1S/C19H23N3O4/c1-13-6-5-7-15(10-13)17(24)21-14(2)18(25)26-11-16(23)22-19(12-20)8-3-4-9-19/h5-7,10,14H,3-4,8-9,11H2,1-2H3,(H,21,24)(H,22,23)/t14-/m0/s1. The number of nitrogens with one attached hydrogen (secondary N) is 2. The maximum atomic E-state index is 12.1. The number of hydrogen-bond donors (Lipinski definition) is 2. The highest BCUT2D eigenvalue weighted by Gasteiger charge is 2.35. The van der Waals surface area contributed by atoms with Crippen molar-refractivity contribution in [3.05, 3.63) is 35.4 Å². The van der Waals surface area contributed by atoms with Gasteiger partial charge < -0.3 is 15.4 Å². The first-order valence-corrected chi connectivity index (χ1v) is 8.62. The van der Waals surface area contributed by atoms with Crippen molar-refractivity contribution in [2.45, 2.75) is 51.1 Å². The summed E-state index contributed by atoms with van der Waals surface area (Å²) in [7, 11) is 0. The van der Waals surface area contributed by atoms with Gasteiger partial charge in [-0.2, -0.15) is 5.26 Å². The molecule has 0 radical (unpaired) electrons. The summed E-state index contributed by atoms with van der Waals surface area (Å²) in [5.41, 5.74) is 0.525. The molecule has 0 heterocycles. The number of benzene rings is 1. The van der Waals surface area contributed by atoms with Gasteiger partial charge in [-0.15, -0.1) is 0 Å². The molecule has 0 aromatic heterocycles. The highest BCUT2D eigenvalue weighted by molar-refractivity contribution is 5.97. The monoisotopic (exact) mass is 357 g/mol. The van der Waals surface area contributed by atoms with Crippen molar-refractivity contribution in [2.24, 2.45) is 0 Å². The van der Waals surface area contributed by atoms with Gasteiger partial charge in [0.05, 0.1) is 6.07 Å². The molecule has 0 spiro atoms. The van der Waals surface area contributed by atoms with Gasteiger partial charge in [-0.05, 0) is 51.7 Å². The molecule has 1 aromatic carbocycles. The van der Waals surface area contributed by atoms with Gasteiger partial charge in [0.25, 0.3) is 11.8 Å². The van der Waals surface area contributed by atoms with E-state index in [1.165, 1.54) is 6.92 Å². The zero-order chi connectivity index (χ0) is 19.2. The molecule has 0 saturated heterocycles. The largest absolute Gasteiger partial charge is 0.454 e. The lowest BCUT2D eigenvalue weighted by molar-refractivity contribution is -0.150. The van der Waals surface area contributed by atoms with Crippen molar-refractivity contribution < 1.29 is 19.1 Å². The fourth-order valence-corrected chi connectivity index (χ4v) is 2.93. The van der Waals surface area contributed by atoms with Crippen molar-refractivity contribution in [3.8, 4) is 6.07 Å². The zero-order valence-corrected chi connectivity index (χ0v) is 15.0. The number of nitriles is 1. The molecule has 1 saturated carbocycles. The Labute approximate surface area is 152 Å². The number of carbonyl (C=O) groups is 3. The van der Waals surface area contributed by atoms with Crippen LogP contribution in [0, 0.1) is 18.3 Å². The zero-order valence-electron chi connectivity index (χ0n) is 15.0. The summed E-state index contributed by atoms with van der Waals surface area (Å²) in [6.07, 6.45) is 2.98. The van der Waals surface area contributed by atoms with E-state index in [1.54, 1.807) is 18.2 Å². The van der Waals surface area contributed by atoms with Crippen molar-refractivity contribution >= 4 is 17.8 Å². The molecule has 2 amide bonds. The van der Waals surface area contributed by atoms with E-state index in [1.807, 2.05) is 13.0 Å². The number of esters is 1. The average molecular weight is 357 g/mol. The fourth-order valence-electron chi connectivity index (χ4n) is 2.93. The normalized spacial score (nSPS) is 16.2. The van der Waals surface area contributed by atoms with Gasteiger partial charge in [0, 0.05) is 5.56 Å². The minimum atomic E-state index is -0.896. The second-order valence-corrected chi connectivity index (χ2v) is 6.62. The minimum absolute atomic E-state index is 0.392. The third-order valence-corrected chi connectivity index (χ3v) is 4.38. The second-order valence-electron chi connectivity index (χ2n) is 6.62. The van der Waals surface area contributed by atoms with Crippen LogP contribution in [0.25, 0.3) is 0 Å². The van der Waals surface area contributed by atoms with Crippen molar-refractivity contribution in [2.75, 3.05) is 6.61 Å². The Morgan fingerprint density at radius 3 is 2.62 bits per heavy atom. The van der Waals surface area contributed by atoms with Gasteiger partial charge >= 0.3 is 5.97 Å². The summed E-state index contributed by atoms with van der Waals surface area (Å²) in [6.45, 7) is 2.88. The third-order valence-electron chi connectivity index (χ3n) is 4.38. The van der Waals surface area contributed by atoms with E-state index < -0.39 is 36.0 Å². The molecule has 1 aliphatic carbocycles. The van der Waals surface area contributed by atoms with Crippen LogP contribution in [0.4, 0.5) is 0 Å².